The monoisotopic (exact) mass is 322 g/mol. The Hall–Kier alpha value is -3.13. The van der Waals surface area contributed by atoms with Crippen molar-refractivity contribution < 1.29 is 0 Å². The molecule has 2 heteroatoms. The van der Waals surface area contributed by atoms with Crippen LogP contribution in [0.1, 0.15) is 11.1 Å². The number of hydrogen-bond acceptors (Lipinski definition) is 1. The van der Waals surface area contributed by atoms with Gasteiger partial charge in [0.25, 0.3) is 0 Å². The van der Waals surface area contributed by atoms with E-state index in [-0.39, 0.29) is 0 Å². The van der Waals surface area contributed by atoms with Gasteiger partial charge in [-0.25, -0.2) is 4.98 Å². The lowest BCUT2D eigenvalue weighted by molar-refractivity contribution is 1.26. The molecule has 0 spiro atoms. The summed E-state index contributed by atoms with van der Waals surface area (Å²) in [7, 11) is 0. The fourth-order valence-corrected chi connectivity index (χ4v) is 3.83. The highest BCUT2D eigenvalue weighted by Crippen LogP contribution is 2.33. The predicted octanol–water partition coefficient (Wildman–Crippen LogP) is 5.92. The number of nitrogens with zero attached hydrogens (tertiary/aromatic N) is 2. The van der Waals surface area contributed by atoms with Gasteiger partial charge in [-0.1, -0.05) is 48.5 Å². The van der Waals surface area contributed by atoms with Gasteiger partial charge in [0.2, 0.25) is 0 Å². The molecule has 0 saturated carbocycles. The van der Waals surface area contributed by atoms with Crippen molar-refractivity contribution in [1.82, 2.24) is 9.38 Å². The van der Waals surface area contributed by atoms with Crippen LogP contribution < -0.4 is 0 Å². The van der Waals surface area contributed by atoms with Crippen molar-refractivity contribution in [2.45, 2.75) is 13.8 Å². The third-order valence-electron chi connectivity index (χ3n) is 4.92. The SMILES string of the molecule is Cc1cc(C)c2cc3c(-c4ccccc4)nc4ccccc4n3c2c1. The minimum Gasteiger partial charge on any atom is -0.305 e. The first-order valence-corrected chi connectivity index (χ1v) is 8.59. The molecule has 2 aromatic heterocycles. The Labute approximate surface area is 146 Å². The van der Waals surface area contributed by atoms with Crippen LogP contribution in [0.25, 0.3) is 38.7 Å². The van der Waals surface area contributed by atoms with Crippen LogP contribution in [0.4, 0.5) is 0 Å². The summed E-state index contributed by atoms with van der Waals surface area (Å²) in [6.45, 7) is 4.35. The lowest BCUT2D eigenvalue weighted by Crippen LogP contribution is -1.95. The van der Waals surface area contributed by atoms with E-state index in [1.165, 1.54) is 22.0 Å². The zero-order chi connectivity index (χ0) is 17.0. The zero-order valence-corrected chi connectivity index (χ0v) is 14.3. The summed E-state index contributed by atoms with van der Waals surface area (Å²) >= 11 is 0. The maximum atomic E-state index is 5.00. The standard InChI is InChI=1S/C23H18N2/c1-15-12-16(2)18-14-22-23(17-8-4-3-5-9-17)24-19-10-6-7-11-20(19)25(22)21(18)13-15/h3-14H,1-2H3. The average molecular weight is 322 g/mol. The smallest absolute Gasteiger partial charge is 0.0950 e. The summed E-state index contributed by atoms with van der Waals surface area (Å²) in [6, 6.07) is 25.6. The fraction of sp³-hybridized carbons (Fsp3) is 0.0870. The van der Waals surface area contributed by atoms with Gasteiger partial charge in [0.15, 0.2) is 0 Å². The molecule has 0 aliphatic carbocycles. The van der Waals surface area contributed by atoms with Crippen LogP contribution in [0.2, 0.25) is 0 Å². The quantitative estimate of drug-likeness (QED) is 0.374. The van der Waals surface area contributed by atoms with Crippen LogP contribution in [-0.4, -0.2) is 9.38 Å². The molecule has 0 saturated heterocycles. The van der Waals surface area contributed by atoms with Crippen molar-refractivity contribution in [1.29, 1.82) is 0 Å². The summed E-state index contributed by atoms with van der Waals surface area (Å²) in [5.41, 5.74) is 9.36. The van der Waals surface area contributed by atoms with E-state index in [4.69, 9.17) is 4.98 Å². The zero-order valence-electron chi connectivity index (χ0n) is 14.3. The third-order valence-corrected chi connectivity index (χ3v) is 4.92. The minimum absolute atomic E-state index is 1.02. The van der Waals surface area contributed by atoms with E-state index in [0.717, 1.165) is 27.8 Å². The van der Waals surface area contributed by atoms with Gasteiger partial charge in [0.05, 0.1) is 27.8 Å². The van der Waals surface area contributed by atoms with Crippen molar-refractivity contribution in [3.05, 3.63) is 83.9 Å². The highest BCUT2D eigenvalue weighted by Gasteiger charge is 2.14. The molecule has 2 nitrogen and oxygen atoms in total. The lowest BCUT2D eigenvalue weighted by atomic mass is 10.1. The summed E-state index contributed by atoms with van der Waals surface area (Å²) < 4.78 is 2.36. The van der Waals surface area contributed by atoms with Crippen LogP contribution in [0.15, 0.2) is 72.8 Å². The topological polar surface area (TPSA) is 17.3 Å². The largest absolute Gasteiger partial charge is 0.305 e. The Morgan fingerprint density at radius 2 is 1.48 bits per heavy atom. The second-order valence-corrected chi connectivity index (χ2v) is 6.69. The Balaban J connectivity index is 2.06. The number of hydrogen-bond donors (Lipinski definition) is 0. The maximum Gasteiger partial charge on any atom is 0.0950 e. The molecule has 2 heterocycles. The second-order valence-electron chi connectivity index (χ2n) is 6.69. The highest BCUT2D eigenvalue weighted by molar-refractivity contribution is 5.99. The molecule has 0 N–H and O–H groups in total. The molecular weight excluding hydrogens is 304 g/mol. The van der Waals surface area contributed by atoms with E-state index in [9.17, 15) is 0 Å². The lowest BCUT2D eigenvalue weighted by Gasteiger charge is -2.10. The predicted molar refractivity (Wildman–Crippen MR) is 105 cm³/mol. The molecule has 0 amide bonds. The van der Waals surface area contributed by atoms with Gasteiger partial charge in [0, 0.05) is 10.9 Å². The molecule has 0 fully saturated rings. The molecule has 0 unspecified atom stereocenters. The average Bonchev–Trinajstić information content (AvgIpc) is 3.02. The van der Waals surface area contributed by atoms with Crippen molar-refractivity contribution in [2.75, 3.05) is 0 Å². The Bertz CT molecular complexity index is 1250. The maximum absolute atomic E-state index is 5.00. The van der Waals surface area contributed by atoms with E-state index in [1.807, 2.05) is 6.07 Å². The van der Waals surface area contributed by atoms with E-state index in [2.05, 4.69) is 85.0 Å². The molecule has 0 radical (unpaired) electrons. The third kappa shape index (κ3) is 2.07. The number of aromatic nitrogens is 2. The summed E-state index contributed by atoms with van der Waals surface area (Å²) in [5, 5.41) is 1.29. The first-order chi connectivity index (χ1) is 12.2. The van der Waals surface area contributed by atoms with Crippen LogP contribution in [-0.2, 0) is 0 Å². The van der Waals surface area contributed by atoms with Crippen molar-refractivity contribution in [3.63, 3.8) is 0 Å². The van der Waals surface area contributed by atoms with Crippen molar-refractivity contribution >= 4 is 27.5 Å². The van der Waals surface area contributed by atoms with E-state index in [0.29, 0.717) is 0 Å². The van der Waals surface area contributed by atoms with Gasteiger partial charge in [-0.05, 0) is 49.2 Å². The molecule has 0 aliphatic heterocycles. The van der Waals surface area contributed by atoms with Gasteiger partial charge in [-0.3, -0.25) is 0 Å². The number of para-hydroxylation sites is 2. The van der Waals surface area contributed by atoms with E-state index in [1.54, 1.807) is 0 Å². The Morgan fingerprint density at radius 3 is 2.32 bits per heavy atom. The molecule has 25 heavy (non-hydrogen) atoms. The Kier molecular flexibility index (Phi) is 2.95. The van der Waals surface area contributed by atoms with Crippen molar-refractivity contribution in [3.8, 4) is 11.3 Å². The molecule has 5 aromatic rings. The van der Waals surface area contributed by atoms with Gasteiger partial charge in [0.1, 0.15) is 0 Å². The first-order valence-electron chi connectivity index (χ1n) is 8.59. The number of benzene rings is 3. The fourth-order valence-electron chi connectivity index (χ4n) is 3.83. The Morgan fingerprint density at radius 1 is 0.720 bits per heavy atom. The molecular formula is C23H18N2. The van der Waals surface area contributed by atoms with E-state index >= 15 is 0 Å². The normalized spacial score (nSPS) is 11.6. The van der Waals surface area contributed by atoms with Gasteiger partial charge < -0.3 is 4.40 Å². The molecule has 0 aliphatic rings. The van der Waals surface area contributed by atoms with Crippen LogP contribution in [0.3, 0.4) is 0 Å². The van der Waals surface area contributed by atoms with Gasteiger partial charge in [-0.15, -0.1) is 0 Å². The summed E-state index contributed by atoms with van der Waals surface area (Å²) in [6.07, 6.45) is 0. The second kappa shape index (κ2) is 5.18. The highest BCUT2D eigenvalue weighted by atomic mass is 14.9. The summed E-state index contributed by atoms with van der Waals surface area (Å²) in [4.78, 5) is 5.00. The van der Waals surface area contributed by atoms with Crippen LogP contribution in [0.5, 0.6) is 0 Å². The number of fused-ring (bicyclic) bond motifs is 5. The molecule has 0 atom stereocenters. The van der Waals surface area contributed by atoms with Gasteiger partial charge in [-0.2, -0.15) is 0 Å². The minimum atomic E-state index is 1.02. The van der Waals surface area contributed by atoms with Gasteiger partial charge >= 0.3 is 0 Å². The van der Waals surface area contributed by atoms with E-state index < -0.39 is 0 Å². The molecule has 5 rings (SSSR count). The summed E-state index contributed by atoms with van der Waals surface area (Å²) in [5.74, 6) is 0. The van der Waals surface area contributed by atoms with Crippen molar-refractivity contribution in [2.24, 2.45) is 0 Å². The molecule has 3 aromatic carbocycles. The molecule has 0 bridgehead atoms. The van der Waals surface area contributed by atoms with Crippen LogP contribution >= 0.6 is 0 Å². The first kappa shape index (κ1) is 14.2. The van der Waals surface area contributed by atoms with Crippen LogP contribution in [0, 0.1) is 13.8 Å². The number of aryl methyl sites for hydroxylation is 2. The number of rotatable bonds is 1. The molecule has 120 valence electrons.